The zero-order chi connectivity index (χ0) is 22.6. The predicted molar refractivity (Wildman–Crippen MR) is 135 cm³/mol. The lowest BCUT2D eigenvalue weighted by atomic mass is 9.48. The molecule has 0 aromatic heterocycles. The topological polar surface area (TPSA) is 110 Å². The van der Waals surface area contributed by atoms with Gasteiger partial charge >= 0.3 is 11.9 Å². The van der Waals surface area contributed by atoms with Gasteiger partial charge in [-0.15, -0.1) is 0 Å². The Hall–Kier alpha value is 0.260. The van der Waals surface area contributed by atoms with E-state index in [9.17, 15) is 22.6 Å². The van der Waals surface area contributed by atoms with E-state index in [1.165, 1.54) is 0 Å². The van der Waals surface area contributed by atoms with E-state index in [0.717, 1.165) is 30.0 Å². The van der Waals surface area contributed by atoms with Crippen molar-refractivity contribution in [2.75, 3.05) is 12.4 Å². The molecule has 0 N–H and O–H groups in total. The smallest absolute Gasteiger partial charge is 0.339 e. The average molecular weight is 785 g/mol. The summed E-state index contributed by atoms with van der Waals surface area (Å²) >= 11 is 6.53. The minimum atomic E-state index is -4.44. The van der Waals surface area contributed by atoms with Gasteiger partial charge in [-0.1, -0.05) is 0 Å². The molecule has 1 aromatic carbocycles. The molecule has 4 aliphatic carbocycles. The summed E-state index contributed by atoms with van der Waals surface area (Å²) in [6, 6.07) is 3.82. The fraction of sp³-hybridized carbons (Fsp3) is 0.600. The van der Waals surface area contributed by atoms with Gasteiger partial charge in [-0.3, -0.25) is 4.79 Å². The van der Waals surface area contributed by atoms with E-state index < -0.39 is 39.5 Å². The summed E-state index contributed by atoms with van der Waals surface area (Å²) in [7, 11) is -4.44. The highest BCUT2D eigenvalue weighted by atomic mass is 127. The Kier molecular flexibility index (Phi) is 6.92. The van der Waals surface area contributed by atoms with E-state index >= 15 is 0 Å². The maximum atomic E-state index is 13.2. The van der Waals surface area contributed by atoms with Crippen LogP contribution in [0.3, 0.4) is 0 Å². The molecular formula is C20H20I3O7S-. The second-order valence-corrected chi connectivity index (χ2v) is 14.0. The van der Waals surface area contributed by atoms with Gasteiger partial charge < -0.3 is 14.0 Å². The standard InChI is InChI=1S/C20H21I3O7S/c21-13-4-14(16(23)15(22)5-13)17(24)30-20-8-11-3-12(9-20)7-19(6-11,10-20)18(25)29-1-2-31(26,27)28/h4-5,11-12H,1-3,6-10H2,(H,26,27,28)/p-1. The first-order valence-corrected chi connectivity index (χ1v) is 14.7. The summed E-state index contributed by atoms with van der Waals surface area (Å²) in [6.07, 6.45) is 4.17. The maximum Gasteiger partial charge on any atom is 0.339 e. The lowest BCUT2D eigenvalue weighted by Gasteiger charge is -2.59. The molecule has 1 aromatic rings. The van der Waals surface area contributed by atoms with Crippen molar-refractivity contribution in [2.45, 2.75) is 44.1 Å². The third-order valence-electron chi connectivity index (χ3n) is 6.53. The minimum absolute atomic E-state index is 0.264. The summed E-state index contributed by atoms with van der Waals surface area (Å²) in [5.74, 6) is -1.04. The number of hydrogen-bond donors (Lipinski definition) is 0. The summed E-state index contributed by atoms with van der Waals surface area (Å²) in [4.78, 5) is 26.1. The molecule has 7 nitrogen and oxygen atoms in total. The van der Waals surface area contributed by atoms with Crippen LogP contribution in [0.25, 0.3) is 0 Å². The predicted octanol–water partition coefficient (Wildman–Crippen LogP) is 4.08. The molecule has 2 unspecified atom stereocenters. The SMILES string of the molecule is O=C(OC12CC3CC(C1)CC(C(=O)OCCS(=O)(=O)[O-])(C3)C2)c1cc(I)cc(I)c1I. The van der Waals surface area contributed by atoms with Crippen molar-refractivity contribution in [1.29, 1.82) is 0 Å². The molecule has 0 radical (unpaired) electrons. The second kappa shape index (κ2) is 8.80. The largest absolute Gasteiger partial charge is 0.748 e. The highest BCUT2D eigenvalue weighted by Crippen LogP contribution is 2.63. The molecule has 2 atom stereocenters. The van der Waals surface area contributed by atoms with E-state index in [-0.39, 0.29) is 17.8 Å². The summed E-state index contributed by atoms with van der Waals surface area (Å²) in [5.41, 5.74) is -0.950. The molecule has 4 aliphatic rings. The van der Waals surface area contributed by atoms with Gasteiger partial charge in [0.1, 0.15) is 12.2 Å². The normalized spacial score (nSPS) is 31.5. The number of halogens is 3. The molecule has 5 rings (SSSR count). The molecule has 170 valence electrons. The third kappa shape index (κ3) is 5.19. The van der Waals surface area contributed by atoms with Crippen LogP contribution in [0.2, 0.25) is 0 Å². The van der Waals surface area contributed by atoms with Crippen LogP contribution in [0.4, 0.5) is 0 Å². The molecule has 0 heterocycles. The van der Waals surface area contributed by atoms with Gasteiger partial charge in [0.15, 0.2) is 0 Å². The fourth-order valence-electron chi connectivity index (χ4n) is 5.88. The number of benzene rings is 1. The molecule has 0 spiro atoms. The van der Waals surface area contributed by atoms with Crippen molar-refractivity contribution < 1.29 is 32.0 Å². The molecule has 0 saturated heterocycles. The Balaban J connectivity index is 1.54. The number of hydrogen-bond acceptors (Lipinski definition) is 7. The Morgan fingerprint density at radius 3 is 2.35 bits per heavy atom. The first-order chi connectivity index (χ1) is 14.4. The molecule has 0 amide bonds. The highest BCUT2D eigenvalue weighted by Gasteiger charge is 2.63. The Labute approximate surface area is 221 Å². The average Bonchev–Trinajstić information content (AvgIpc) is 2.62. The van der Waals surface area contributed by atoms with Gasteiger partial charge in [0.05, 0.1) is 26.8 Å². The zero-order valence-corrected chi connectivity index (χ0v) is 23.7. The molecule has 11 heteroatoms. The molecule has 4 saturated carbocycles. The van der Waals surface area contributed by atoms with Crippen molar-refractivity contribution in [3.8, 4) is 0 Å². The van der Waals surface area contributed by atoms with Crippen LogP contribution in [0, 0.1) is 28.0 Å². The number of rotatable bonds is 6. The monoisotopic (exact) mass is 785 g/mol. The maximum absolute atomic E-state index is 13.2. The Morgan fingerprint density at radius 2 is 1.74 bits per heavy atom. The second-order valence-electron chi connectivity index (χ2n) is 8.96. The number of esters is 2. The molecular weight excluding hydrogens is 765 g/mol. The first kappa shape index (κ1) is 24.4. The lowest BCUT2D eigenvalue weighted by Crippen LogP contribution is -2.60. The van der Waals surface area contributed by atoms with Gasteiger partial charge in [-0.2, -0.15) is 0 Å². The van der Waals surface area contributed by atoms with Crippen LogP contribution in [-0.2, 0) is 24.4 Å². The number of carbonyl (C=O) groups is 2. The van der Waals surface area contributed by atoms with Crippen molar-refractivity contribution in [1.82, 2.24) is 0 Å². The summed E-state index contributed by atoms with van der Waals surface area (Å²) in [5, 5.41) is 0. The first-order valence-electron chi connectivity index (χ1n) is 9.89. The molecule has 4 bridgehead atoms. The summed E-state index contributed by atoms with van der Waals surface area (Å²) in [6.45, 7) is -0.437. The van der Waals surface area contributed by atoms with Gasteiger partial charge in [-0.05, 0) is 124 Å². The van der Waals surface area contributed by atoms with Crippen molar-refractivity contribution in [3.05, 3.63) is 28.4 Å². The third-order valence-corrected chi connectivity index (χ3v) is 10.9. The van der Waals surface area contributed by atoms with Gasteiger partial charge in [-0.25, -0.2) is 13.2 Å². The fourth-order valence-corrected chi connectivity index (χ4v) is 8.55. The Bertz CT molecular complexity index is 1030. The van der Waals surface area contributed by atoms with E-state index in [1.54, 1.807) is 0 Å². The summed E-state index contributed by atoms with van der Waals surface area (Å²) < 4.78 is 46.7. The van der Waals surface area contributed by atoms with E-state index in [4.69, 9.17) is 9.47 Å². The van der Waals surface area contributed by atoms with E-state index in [1.807, 2.05) is 12.1 Å². The minimum Gasteiger partial charge on any atom is -0.748 e. The van der Waals surface area contributed by atoms with Crippen LogP contribution in [0.15, 0.2) is 12.1 Å². The van der Waals surface area contributed by atoms with Crippen LogP contribution in [-0.4, -0.2) is 42.9 Å². The van der Waals surface area contributed by atoms with Gasteiger partial charge in [0.2, 0.25) is 0 Å². The van der Waals surface area contributed by atoms with Crippen LogP contribution >= 0.6 is 67.8 Å². The van der Waals surface area contributed by atoms with E-state index in [2.05, 4.69) is 67.8 Å². The van der Waals surface area contributed by atoms with E-state index in [0.29, 0.717) is 24.8 Å². The van der Waals surface area contributed by atoms with Crippen molar-refractivity contribution >= 4 is 89.8 Å². The number of ether oxygens (including phenoxy) is 2. The zero-order valence-electron chi connectivity index (χ0n) is 16.4. The molecule has 31 heavy (non-hydrogen) atoms. The van der Waals surface area contributed by atoms with Gasteiger partial charge in [0, 0.05) is 17.1 Å². The molecule has 4 fully saturated rings. The highest BCUT2D eigenvalue weighted by molar-refractivity contribution is 14.1. The van der Waals surface area contributed by atoms with Crippen molar-refractivity contribution in [2.24, 2.45) is 17.3 Å². The van der Waals surface area contributed by atoms with Crippen molar-refractivity contribution in [3.63, 3.8) is 0 Å². The van der Waals surface area contributed by atoms with Gasteiger partial charge in [0.25, 0.3) is 0 Å². The lowest BCUT2D eigenvalue weighted by molar-refractivity contribution is -0.196. The van der Waals surface area contributed by atoms with Crippen LogP contribution in [0.5, 0.6) is 0 Å². The van der Waals surface area contributed by atoms with Crippen LogP contribution in [0.1, 0.15) is 48.9 Å². The molecule has 0 aliphatic heterocycles. The Morgan fingerprint density at radius 1 is 1.10 bits per heavy atom. The van der Waals surface area contributed by atoms with Crippen LogP contribution < -0.4 is 0 Å². The quantitative estimate of drug-likeness (QED) is 0.185. The number of carbonyl (C=O) groups excluding carboxylic acids is 2.